The lowest BCUT2D eigenvalue weighted by Gasteiger charge is -2.23. The minimum atomic E-state index is -0.735. The zero-order chi connectivity index (χ0) is 21.4. The number of carbonyl (C=O) groups is 3. The molecular weight excluding hydrogens is 370 g/mol. The fraction of sp³-hybridized carbons (Fsp3) is 0.318. The Bertz CT molecular complexity index is 863. The number of hydrogen-bond donors (Lipinski definition) is 3. The number of carbonyl (C=O) groups excluding carboxylic acids is 3. The van der Waals surface area contributed by atoms with Crippen molar-refractivity contribution in [3.63, 3.8) is 0 Å². The van der Waals surface area contributed by atoms with Gasteiger partial charge in [0.05, 0.1) is 11.6 Å². The summed E-state index contributed by atoms with van der Waals surface area (Å²) in [6, 6.07) is 13.3. The van der Waals surface area contributed by atoms with Crippen LogP contribution >= 0.6 is 0 Å². The Morgan fingerprint density at radius 3 is 2.34 bits per heavy atom. The lowest BCUT2D eigenvalue weighted by Crippen LogP contribution is -2.35. The molecule has 0 aliphatic rings. The van der Waals surface area contributed by atoms with E-state index in [2.05, 4.69) is 17.6 Å². The van der Waals surface area contributed by atoms with Gasteiger partial charge in [-0.1, -0.05) is 51.1 Å². The molecule has 0 aliphatic carbocycles. The Morgan fingerprint density at radius 1 is 1.07 bits per heavy atom. The molecule has 0 aromatic heterocycles. The first-order valence-electron chi connectivity index (χ1n) is 9.52. The van der Waals surface area contributed by atoms with Crippen molar-refractivity contribution in [3.05, 3.63) is 65.2 Å². The highest BCUT2D eigenvalue weighted by atomic mass is 16.5. The van der Waals surface area contributed by atoms with Crippen molar-refractivity contribution >= 4 is 23.6 Å². The van der Waals surface area contributed by atoms with Crippen LogP contribution in [-0.4, -0.2) is 24.5 Å². The highest BCUT2D eigenvalue weighted by molar-refractivity contribution is 5.94. The fourth-order valence-corrected chi connectivity index (χ4v) is 2.89. The van der Waals surface area contributed by atoms with E-state index in [-0.39, 0.29) is 23.4 Å². The predicted octanol–water partition coefficient (Wildman–Crippen LogP) is 3.41. The van der Waals surface area contributed by atoms with Crippen LogP contribution in [0.1, 0.15) is 48.3 Å². The minimum absolute atomic E-state index is 0.165. The van der Waals surface area contributed by atoms with E-state index in [1.54, 1.807) is 12.1 Å². The van der Waals surface area contributed by atoms with Gasteiger partial charge < -0.3 is 21.1 Å². The van der Waals surface area contributed by atoms with Crippen LogP contribution in [0.4, 0.5) is 10.5 Å². The average Bonchev–Trinajstić information content (AvgIpc) is 2.70. The molecule has 0 unspecified atom stereocenters. The molecule has 1 atom stereocenters. The summed E-state index contributed by atoms with van der Waals surface area (Å²) in [5.74, 6) is -0.886. The smallest absolute Gasteiger partial charge is 0.338 e. The third-order valence-electron chi connectivity index (χ3n) is 4.43. The molecule has 0 aliphatic heterocycles. The van der Waals surface area contributed by atoms with Crippen LogP contribution in [-0.2, 0) is 16.0 Å². The quantitative estimate of drug-likeness (QED) is 0.593. The molecule has 0 saturated carbocycles. The topological polar surface area (TPSA) is 111 Å². The maximum absolute atomic E-state index is 12.3. The molecule has 7 nitrogen and oxygen atoms in total. The molecule has 3 amide bonds. The van der Waals surface area contributed by atoms with Gasteiger partial charge in [-0.05, 0) is 41.7 Å². The van der Waals surface area contributed by atoms with E-state index < -0.39 is 18.6 Å². The van der Waals surface area contributed by atoms with Crippen molar-refractivity contribution in [1.29, 1.82) is 0 Å². The maximum Gasteiger partial charge on any atom is 0.338 e. The van der Waals surface area contributed by atoms with Crippen LogP contribution in [0.5, 0.6) is 0 Å². The van der Waals surface area contributed by atoms with Crippen molar-refractivity contribution in [1.82, 2.24) is 5.32 Å². The van der Waals surface area contributed by atoms with Crippen molar-refractivity contribution in [2.24, 2.45) is 11.7 Å². The molecule has 0 fully saturated rings. The zero-order valence-corrected chi connectivity index (χ0v) is 16.9. The molecule has 0 spiro atoms. The number of rotatable bonds is 8. The van der Waals surface area contributed by atoms with E-state index in [1.165, 1.54) is 17.7 Å². The van der Waals surface area contributed by atoms with Gasteiger partial charge in [0.2, 0.25) is 0 Å². The number of nitrogens with two attached hydrogens (primary N) is 1. The monoisotopic (exact) mass is 397 g/mol. The van der Waals surface area contributed by atoms with Gasteiger partial charge in [0, 0.05) is 5.69 Å². The van der Waals surface area contributed by atoms with Crippen LogP contribution in [0.3, 0.4) is 0 Å². The van der Waals surface area contributed by atoms with Gasteiger partial charge in [-0.2, -0.15) is 0 Å². The first-order chi connectivity index (χ1) is 13.8. The molecule has 0 bridgehead atoms. The van der Waals surface area contributed by atoms with Crippen LogP contribution in [0.2, 0.25) is 0 Å². The number of anilines is 1. The molecular formula is C22H27N3O4. The molecule has 2 aromatic carbocycles. The van der Waals surface area contributed by atoms with Gasteiger partial charge in [0.15, 0.2) is 6.61 Å². The summed E-state index contributed by atoms with van der Waals surface area (Å²) in [6.07, 6.45) is 0.950. The first-order valence-corrected chi connectivity index (χ1v) is 9.52. The number of hydrogen-bond acceptors (Lipinski definition) is 4. The van der Waals surface area contributed by atoms with Crippen molar-refractivity contribution < 1.29 is 19.1 Å². The average molecular weight is 397 g/mol. The van der Waals surface area contributed by atoms with Crippen LogP contribution in [0.25, 0.3) is 0 Å². The number of urea groups is 1. The first kappa shape index (κ1) is 21.9. The second-order valence-corrected chi connectivity index (χ2v) is 7.03. The molecule has 4 N–H and O–H groups in total. The Labute approximate surface area is 170 Å². The number of benzene rings is 2. The third kappa shape index (κ3) is 6.64. The predicted molar refractivity (Wildman–Crippen MR) is 111 cm³/mol. The zero-order valence-electron chi connectivity index (χ0n) is 16.9. The van der Waals surface area contributed by atoms with Crippen LogP contribution in [0.15, 0.2) is 48.5 Å². The summed E-state index contributed by atoms with van der Waals surface area (Å²) >= 11 is 0. The van der Waals surface area contributed by atoms with Crippen molar-refractivity contribution in [2.45, 2.75) is 33.2 Å². The second-order valence-electron chi connectivity index (χ2n) is 7.03. The molecule has 0 heterocycles. The minimum Gasteiger partial charge on any atom is -0.452 e. The summed E-state index contributed by atoms with van der Waals surface area (Å²) in [6.45, 7) is 5.72. The number of aryl methyl sites for hydroxylation is 1. The molecule has 0 saturated heterocycles. The van der Waals surface area contributed by atoms with E-state index in [4.69, 9.17) is 10.5 Å². The summed E-state index contributed by atoms with van der Waals surface area (Å²) < 4.78 is 5.11. The maximum atomic E-state index is 12.3. The van der Waals surface area contributed by atoms with E-state index >= 15 is 0 Å². The van der Waals surface area contributed by atoms with E-state index in [0.717, 1.165) is 12.0 Å². The van der Waals surface area contributed by atoms with E-state index in [1.807, 2.05) is 38.1 Å². The van der Waals surface area contributed by atoms with E-state index in [0.29, 0.717) is 5.69 Å². The van der Waals surface area contributed by atoms with Gasteiger partial charge >= 0.3 is 12.0 Å². The molecule has 29 heavy (non-hydrogen) atoms. The second kappa shape index (κ2) is 10.3. The van der Waals surface area contributed by atoms with Gasteiger partial charge in [0.25, 0.3) is 5.91 Å². The number of amides is 3. The Morgan fingerprint density at radius 2 is 1.76 bits per heavy atom. The number of esters is 1. The summed E-state index contributed by atoms with van der Waals surface area (Å²) in [5.41, 5.74) is 7.87. The highest BCUT2D eigenvalue weighted by Crippen LogP contribution is 2.22. The van der Waals surface area contributed by atoms with Gasteiger partial charge in [0.1, 0.15) is 0 Å². The van der Waals surface area contributed by atoms with Crippen LogP contribution < -0.4 is 16.4 Å². The van der Waals surface area contributed by atoms with Crippen molar-refractivity contribution in [3.8, 4) is 0 Å². The summed E-state index contributed by atoms with van der Waals surface area (Å²) in [4.78, 5) is 35.5. The SMILES string of the molecule is CCc1ccc([C@H](NC(=O)COC(=O)c2cccc(NC(N)=O)c2)C(C)C)cc1. The number of ether oxygens (including phenoxy) is 1. The molecule has 154 valence electrons. The lowest BCUT2D eigenvalue weighted by atomic mass is 9.95. The molecule has 0 radical (unpaired) electrons. The third-order valence-corrected chi connectivity index (χ3v) is 4.43. The normalized spacial score (nSPS) is 11.6. The van der Waals surface area contributed by atoms with Crippen LogP contribution in [0, 0.1) is 5.92 Å². The van der Waals surface area contributed by atoms with Crippen molar-refractivity contribution in [2.75, 3.05) is 11.9 Å². The van der Waals surface area contributed by atoms with Gasteiger partial charge in [-0.15, -0.1) is 0 Å². The summed E-state index contributed by atoms with van der Waals surface area (Å²) in [5, 5.41) is 5.31. The molecule has 2 rings (SSSR count). The Kier molecular flexibility index (Phi) is 7.77. The standard InChI is InChI=1S/C22H27N3O4/c1-4-15-8-10-16(11-9-15)20(14(2)3)25-19(26)13-29-21(27)17-6-5-7-18(12-17)24-22(23)28/h5-12,14,20H,4,13H2,1-3H3,(H,25,26)(H3,23,24,28)/t20-/m1/s1. The Balaban J connectivity index is 1.96. The largest absolute Gasteiger partial charge is 0.452 e. The summed E-state index contributed by atoms with van der Waals surface area (Å²) in [7, 11) is 0. The van der Waals surface area contributed by atoms with Gasteiger partial charge in [-0.25, -0.2) is 9.59 Å². The highest BCUT2D eigenvalue weighted by Gasteiger charge is 2.19. The van der Waals surface area contributed by atoms with Gasteiger partial charge in [-0.3, -0.25) is 4.79 Å². The fourth-order valence-electron chi connectivity index (χ4n) is 2.89. The van der Waals surface area contributed by atoms with E-state index in [9.17, 15) is 14.4 Å². The number of primary amides is 1. The Hall–Kier alpha value is -3.35. The molecule has 2 aromatic rings. The lowest BCUT2D eigenvalue weighted by molar-refractivity contribution is -0.125. The number of nitrogens with one attached hydrogen (secondary N) is 2. The molecule has 7 heteroatoms.